The molecule has 2 amide bonds. The van der Waals surface area contributed by atoms with Crippen molar-refractivity contribution >= 4 is 20.1 Å². The first-order chi connectivity index (χ1) is 9.46. The largest absolute Gasteiger partial charge is 0.697 e. The van der Waals surface area contributed by atoms with Gasteiger partial charge in [-0.3, -0.25) is 9.59 Å². The molecule has 1 heterocycles. The van der Waals surface area contributed by atoms with E-state index in [4.69, 9.17) is 9.42 Å². The molecule has 0 radical (unpaired) electrons. The zero-order chi connectivity index (χ0) is 14.9. The van der Waals surface area contributed by atoms with Crippen LogP contribution in [-0.4, -0.2) is 27.3 Å². The van der Waals surface area contributed by atoms with Crippen molar-refractivity contribution in [2.24, 2.45) is 0 Å². The van der Waals surface area contributed by atoms with Gasteiger partial charge in [-0.05, 0) is 25.0 Å². The minimum Gasteiger partial charge on any atom is -0.268 e. The van der Waals surface area contributed by atoms with Crippen molar-refractivity contribution in [3.63, 3.8) is 0 Å². The molecule has 0 aliphatic carbocycles. The zero-order valence-electron chi connectivity index (χ0n) is 11.2. The van der Waals surface area contributed by atoms with Crippen molar-refractivity contribution in [3.8, 4) is 0 Å². The Kier molecular flexibility index (Phi) is 3.99. The maximum atomic E-state index is 12.4. The Balaban J connectivity index is 2.50. The molecule has 20 heavy (non-hydrogen) atoms. The highest BCUT2D eigenvalue weighted by Crippen LogP contribution is 2.39. The molecule has 1 aliphatic rings. The van der Waals surface area contributed by atoms with Crippen LogP contribution in [-0.2, 0) is 9.09 Å². The van der Waals surface area contributed by atoms with Crippen LogP contribution < -0.4 is 0 Å². The van der Waals surface area contributed by atoms with Gasteiger partial charge in [0.05, 0.1) is 11.1 Å². The third-order valence-electron chi connectivity index (χ3n) is 3.55. The van der Waals surface area contributed by atoms with Crippen molar-refractivity contribution < 1.29 is 23.6 Å². The third-order valence-corrected chi connectivity index (χ3v) is 4.05. The van der Waals surface area contributed by atoms with Crippen molar-refractivity contribution in [3.05, 3.63) is 35.4 Å². The number of nitrogens with zero attached hydrogens (tertiary/aromatic N) is 1. The summed E-state index contributed by atoms with van der Waals surface area (Å²) in [5, 5.41) is 0. The summed E-state index contributed by atoms with van der Waals surface area (Å²) in [6, 6.07) is 6.45. The SMILES string of the molecule is CCC(CC)(O[P+](=O)O)N1C(=O)c2ccccc2C1=O. The van der Waals surface area contributed by atoms with Crippen molar-refractivity contribution in [2.45, 2.75) is 32.4 Å². The van der Waals surface area contributed by atoms with Crippen molar-refractivity contribution in [1.82, 2.24) is 4.90 Å². The van der Waals surface area contributed by atoms with Gasteiger partial charge in [-0.1, -0.05) is 30.5 Å². The van der Waals surface area contributed by atoms with E-state index < -0.39 is 25.8 Å². The van der Waals surface area contributed by atoms with E-state index in [0.717, 1.165) is 4.90 Å². The molecule has 0 bridgehead atoms. The summed E-state index contributed by atoms with van der Waals surface area (Å²) in [5.74, 6) is -0.989. The van der Waals surface area contributed by atoms with Gasteiger partial charge in [-0.15, -0.1) is 4.89 Å². The van der Waals surface area contributed by atoms with Crippen LogP contribution in [0.25, 0.3) is 0 Å². The van der Waals surface area contributed by atoms with Gasteiger partial charge >= 0.3 is 8.25 Å². The highest BCUT2D eigenvalue weighted by molar-refractivity contribution is 7.32. The normalized spacial score (nSPS) is 15.6. The Morgan fingerprint density at radius 1 is 1.15 bits per heavy atom. The van der Waals surface area contributed by atoms with E-state index in [2.05, 4.69) is 0 Å². The first-order valence-corrected chi connectivity index (χ1v) is 7.43. The molecule has 1 aromatic rings. The highest BCUT2D eigenvalue weighted by Gasteiger charge is 2.52. The van der Waals surface area contributed by atoms with Gasteiger partial charge < -0.3 is 0 Å². The number of benzene rings is 1. The molecule has 2 rings (SSSR count). The molecule has 0 aromatic heterocycles. The van der Waals surface area contributed by atoms with Crippen LogP contribution in [0.2, 0.25) is 0 Å². The minimum absolute atomic E-state index is 0.233. The maximum Gasteiger partial charge on any atom is 0.697 e. The second kappa shape index (κ2) is 5.40. The molecule has 1 N–H and O–H groups in total. The van der Waals surface area contributed by atoms with E-state index in [-0.39, 0.29) is 12.8 Å². The number of carbonyl (C=O) groups excluding carboxylic acids is 2. The fourth-order valence-corrected chi connectivity index (χ4v) is 3.07. The zero-order valence-corrected chi connectivity index (χ0v) is 12.1. The van der Waals surface area contributed by atoms with Gasteiger partial charge in [0.15, 0.2) is 0 Å². The summed E-state index contributed by atoms with van der Waals surface area (Å²) in [6.45, 7) is 3.40. The molecule has 1 unspecified atom stereocenters. The number of fused-ring (bicyclic) bond motifs is 1. The smallest absolute Gasteiger partial charge is 0.268 e. The Morgan fingerprint density at radius 2 is 1.60 bits per heavy atom. The third kappa shape index (κ3) is 2.16. The molecule has 106 valence electrons. The monoisotopic (exact) mass is 296 g/mol. The van der Waals surface area contributed by atoms with E-state index in [9.17, 15) is 14.2 Å². The van der Waals surface area contributed by atoms with Crippen LogP contribution >= 0.6 is 8.25 Å². The van der Waals surface area contributed by atoms with Crippen LogP contribution in [0.1, 0.15) is 47.4 Å². The molecule has 1 aromatic carbocycles. The average Bonchev–Trinajstić information content (AvgIpc) is 2.69. The lowest BCUT2D eigenvalue weighted by Crippen LogP contribution is -2.52. The second-order valence-corrected chi connectivity index (χ2v) is 5.13. The fourth-order valence-electron chi connectivity index (χ4n) is 2.44. The molecule has 6 nitrogen and oxygen atoms in total. The van der Waals surface area contributed by atoms with Gasteiger partial charge in [0.1, 0.15) is 0 Å². The second-order valence-electron chi connectivity index (χ2n) is 4.47. The summed E-state index contributed by atoms with van der Waals surface area (Å²) >= 11 is 0. The number of hydrogen-bond acceptors (Lipinski definition) is 4. The van der Waals surface area contributed by atoms with Gasteiger partial charge in [0.2, 0.25) is 5.72 Å². The van der Waals surface area contributed by atoms with Gasteiger partial charge in [0, 0.05) is 4.57 Å². The summed E-state index contributed by atoms with van der Waals surface area (Å²) in [7, 11) is -2.93. The molecule has 0 saturated heterocycles. The summed E-state index contributed by atoms with van der Waals surface area (Å²) < 4.78 is 16.1. The van der Waals surface area contributed by atoms with Crippen LogP contribution in [0.3, 0.4) is 0 Å². The predicted molar refractivity (Wildman–Crippen MR) is 71.2 cm³/mol. The lowest BCUT2D eigenvalue weighted by Gasteiger charge is -2.33. The molecular formula is C13H15NO5P+. The quantitative estimate of drug-likeness (QED) is 0.666. The molecule has 1 aliphatic heterocycles. The minimum atomic E-state index is -2.93. The summed E-state index contributed by atoms with van der Waals surface area (Å²) in [4.78, 5) is 34.8. The van der Waals surface area contributed by atoms with Crippen LogP contribution in [0.5, 0.6) is 0 Å². The number of hydrogen-bond donors (Lipinski definition) is 1. The standard InChI is InChI=1S/C13H14NO5P/c1-3-13(4-2,19-20(17)18)14-11(15)9-7-5-6-8-10(9)12(14)16/h5-8H,3-4H2,1-2H3/p+1. The highest BCUT2D eigenvalue weighted by atomic mass is 31.1. The molecule has 1 atom stereocenters. The lowest BCUT2D eigenvalue weighted by molar-refractivity contribution is -0.0541. The van der Waals surface area contributed by atoms with Crippen LogP contribution in [0.4, 0.5) is 0 Å². The van der Waals surface area contributed by atoms with Gasteiger partial charge in [0.25, 0.3) is 11.8 Å². The first kappa shape index (κ1) is 14.8. The summed E-state index contributed by atoms with van der Waals surface area (Å²) in [6.07, 6.45) is 0.465. The lowest BCUT2D eigenvalue weighted by atomic mass is 10.1. The molecular weight excluding hydrogens is 281 g/mol. The molecule has 0 spiro atoms. The Labute approximate surface area is 117 Å². The molecule has 7 heteroatoms. The Hall–Kier alpha value is -1.62. The fraction of sp³-hybridized carbons (Fsp3) is 0.385. The maximum absolute atomic E-state index is 12.4. The van der Waals surface area contributed by atoms with E-state index in [1.807, 2.05) is 0 Å². The van der Waals surface area contributed by atoms with E-state index in [0.29, 0.717) is 11.1 Å². The van der Waals surface area contributed by atoms with Crippen molar-refractivity contribution in [1.29, 1.82) is 0 Å². The topological polar surface area (TPSA) is 83.9 Å². The Morgan fingerprint density at radius 3 is 1.95 bits per heavy atom. The van der Waals surface area contributed by atoms with Crippen molar-refractivity contribution in [2.75, 3.05) is 0 Å². The average molecular weight is 296 g/mol. The first-order valence-electron chi connectivity index (χ1n) is 6.30. The number of rotatable bonds is 5. The summed E-state index contributed by atoms with van der Waals surface area (Å²) in [5.41, 5.74) is -0.809. The van der Waals surface area contributed by atoms with Gasteiger partial charge in [-0.2, -0.15) is 0 Å². The van der Waals surface area contributed by atoms with Crippen LogP contribution in [0, 0.1) is 0 Å². The van der Waals surface area contributed by atoms with E-state index in [1.54, 1.807) is 38.1 Å². The molecule has 0 fully saturated rings. The number of imide groups is 1. The predicted octanol–water partition coefficient (Wildman–Crippen LogP) is 2.47. The van der Waals surface area contributed by atoms with Crippen LogP contribution in [0.15, 0.2) is 24.3 Å². The Bertz CT molecular complexity index is 547. The number of amides is 2. The molecule has 0 saturated carbocycles. The van der Waals surface area contributed by atoms with Gasteiger partial charge in [-0.25, -0.2) is 4.90 Å². The number of carbonyl (C=O) groups is 2. The van der Waals surface area contributed by atoms with E-state index >= 15 is 0 Å². The van der Waals surface area contributed by atoms with E-state index in [1.165, 1.54) is 0 Å².